The van der Waals surface area contributed by atoms with Crippen molar-refractivity contribution in [3.63, 3.8) is 0 Å². The van der Waals surface area contributed by atoms with Crippen LogP contribution >= 0.6 is 0 Å². The summed E-state index contributed by atoms with van der Waals surface area (Å²) in [5.74, 6) is 0. The van der Waals surface area contributed by atoms with Crippen molar-refractivity contribution in [2.45, 2.75) is 34.1 Å². The molecule has 0 spiro atoms. The Labute approximate surface area is 172 Å². The Morgan fingerprint density at radius 1 is 0.792 bits per heavy atom. The first-order valence-electron chi connectivity index (χ1n) is 8.14. The van der Waals surface area contributed by atoms with Crippen LogP contribution < -0.4 is 0 Å². The molecular formula is C22H26OY-2. The van der Waals surface area contributed by atoms with Crippen molar-refractivity contribution >= 4 is 17.1 Å². The third-order valence-corrected chi connectivity index (χ3v) is 2.70. The fraction of sp³-hybridized carbons (Fsp3) is 0.227. The molecule has 0 unspecified atom stereocenters. The Bertz CT molecular complexity index is 609. The number of hydrogen-bond donors (Lipinski definition) is 0. The van der Waals surface area contributed by atoms with E-state index in [1.54, 1.807) is 0 Å². The summed E-state index contributed by atoms with van der Waals surface area (Å²) in [5.41, 5.74) is 1.02. The molecule has 0 atom stereocenters. The molecule has 1 nitrogen and oxygen atoms in total. The first-order chi connectivity index (χ1) is 11.4. The number of hydrogen-bond acceptors (Lipinski definition) is 1. The van der Waals surface area contributed by atoms with E-state index in [0.717, 1.165) is 5.56 Å². The molecule has 1 radical (unpaired) electrons. The van der Waals surface area contributed by atoms with Gasteiger partial charge in [0.1, 0.15) is 0 Å². The van der Waals surface area contributed by atoms with E-state index >= 15 is 0 Å². The van der Waals surface area contributed by atoms with Gasteiger partial charge in [-0.3, -0.25) is 6.29 Å². The van der Waals surface area contributed by atoms with Crippen LogP contribution in [0.3, 0.4) is 0 Å². The van der Waals surface area contributed by atoms with Crippen molar-refractivity contribution in [2.75, 3.05) is 0 Å². The van der Waals surface area contributed by atoms with E-state index in [1.807, 2.05) is 101 Å². The van der Waals surface area contributed by atoms with Crippen LogP contribution in [0.25, 0.3) is 10.8 Å². The maximum Gasteiger partial charge on any atom is 0 e. The molecule has 3 rings (SSSR count). The van der Waals surface area contributed by atoms with E-state index in [0.29, 0.717) is 6.42 Å². The van der Waals surface area contributed by atoms with Crippen LogP contribution in [0, 0.1) is 6.07 Å². The van der Waals surface area contributed by atoms with Crippen LogP contribution in [0.1, 0.15) is 33.3 Å². The van der Waals surface area contributed by atoms with Crippen molar-refractivity contribution in [3.05, 3.63) is 84.4 Å². The van der Waals surface area contributed by atoms with E-state index in [-0.39, 0.29) is 32.7 Å². The van der Waals surface area contributed by atoms with Gasteiger partial charge in [-0.25, -0.2) is 0 Å². The fourth-order valence-electron chi connectivity index (χ4n) is 1.77. The number of benzene rings is 3. The Kier molecular flexibility index (Phi) is 18.7. The molecule has 0 aliphatic carbocycles. The second-order valence-corrected chi connectivity index (χ2v) is 4.08. The molecule has 0 heterocycles. The summed E-state index contributed by atoms with van der Waals surface area (Å²) in [6.45, 7) is 8.00. The molecule has 0 saturated heterocycles. The summed E-state index contributed by atoms with van der Waals surface area (Å²) < 4.78 is 0. The minimum atomic E-state index is 0. The van der Waals surface area contributed by atoms with Crippen molar-refractivity contribution in [2.24, 2.45) is 0 Å². The summed E-state index contributed by atoms with van der Waals surface area (Å²) in [6.07, 6.45) is 2.28. The topological polar surface area (TPSA) is 17.1 Å². The zero-order valence-electron chi connectivity index (χ0n) is 15.1. The molecule has 0 amide bonds. The Hall–Kier alpha value is -1.31. The average Bonchev–Trinajstić information content (AvgIpc) is 2.67. The number of carbonyl (C=O) groups excluding carboxylic acids is 1. The standard InChI is InChI=1S/C12H9O.C6H5.2C2H6.Y/c13-8-7-10-5-6-11-3-1-2-4-12(11)9-10;1-2-4-6-5-3-1;2*1-2;/h1-6,9H,7H2;1-5H;2*1-2H3;/q2*-1;;;. The van der Waals surface area contributed by atoms with Gasteiger partial charge in [0, 0.05) is 32.7 Å². The molecule has 0 fully saturated rings. The van der Waals surface area contributed by atoms with Gasteiger partial charge in [0.25, 0.3) is 0 Å². The maximum absolute atomic E-state index is 10.2. The van der Waals surface area contributed by atoms with E-state index in [4.69, 9.17) is 0 Å². The van der Waals surface area contributed by atoms with Crippen molar-refractivity contribution in [3.8, 4) is 0 Å². The van der Waals surface area contributed by atoms with E-state index in [1.165, 1.54) is 10.8 Å². The van der Waals surface area contributed by atoms with Crippen LogP contribution in [0.5, 0.6) is 0 Å². The quantitative estimate of drug-likeness (QED) is 0.485. The van der Waals surface area contributed by atoms with Gasteiger partial charge in [0.15, 0.2) is 0 Å². The summed E-state index contributed by atoms with van der Waals surface area (Å²) in [5, 5.41) is 2.38. The van der Waals surface area contributed by atoms with Crippen molar-refractivity contribution < 1.29 is 37.5 Å². The molecule has 0 aliphatic rings. The fourth-order valence-corrected chi connectivity index (χ4v) is 1.77. The first-order valence-corrected chi connectivity index (χ1v) is 8.14. The maximum atomic E-state index is 10.2. The third kappa shape index (κ3) is 10.5. The van der Waals surface area contributed by atoms with Crippen LogP contribution in [0.4, 0.5) is 0 Å². The Balaban J connectivity index is 0. The summed E-state index contributed by atoms with van der Waals surface area (Å²) in [7, 11) is 0. The molecule has 0 bridgehead atoms. The molecule has 3 aromatic rings. The summed E-state index contributed by atoms with van der Waals surface area (Å²) in [6, 6.07) is 26.6. The minimum Gasteiger partial charge on any atom is -0.541 e. The molecule has 0 N–H and O–H groups in total. The largest absolute Gasteiger partial charge is 0.541 e. The molecule has 125 valence electrons. The predicted molar refractivity (Wildman–Crippen MR) is 101 cm³/mol. The van der Waals surface area contributed by atoms with Gasteiger partial charge in [-0.2, -0.15) is 36.4 Å². The van der Waals surface area contributed by atoms with Crippen molar-refractivity contribution in [1.82, 2.24) is 0 Å². The van der Waals surface area contributed by atoms with E-state index in [2.05, 4.69) is 12.1 Å². The second kappa shape index (κ2) is 18.0. The van der Waals surface area contributed by atoms with Crippen LogP contribution in [-0.2, 0) is 43.9 Å². The van der Waals surface area contributed by atoms with Gasteiger partial charge < -0.3 is 4.79 Å². The third-order valence-electron chi connectivity index (χ3n) is 2.70. The Morgan fingerprint density at radius 2 is 1.38 bits per heavy atom. The summed E-state index contributed by atoms with van der Waals surface area (Å²) >= 11 is 0. The Morgan fingerprint density at radius 3 is 1.83 bits per heavy atom. The van der Waals surface area contributed by atoms with E-state index in [9.17, 15) is 4.79 Å². The minimum absolute atomic E-state index is 0. The van der Waals surface area contributed by atoms with Gasteiger partial charge in [-0.15, -0.1) is 6.42 Å². The molecule has 2 heteroatoms. The van der Waals surface area contributed by atoms with Crippen LogP contribution in [0.2, 0.25) is 0 Å². The second-order valence-electron chi connectivity index (χ2n) is 4.08. The number of rotatable bonds is 2. The van der Waals surface area contributed by atoms with Gasteiger partial charge in [-0.05, 0) is 10.8 Å². The van der Waals surface area contributed by atoms with Gasteiger partial charge in [0.2, 0.25) is 0 Å². The van der Waals surface area contributed by atoms with Crippen molar-refractivity contribution in [1.29, 1.82) is 0 Å². The normalized spacial score (nSPS) is 8.00. The smallest absolute Gasteiger partial charge is 0 e. The van der Waals surface area contributed by atoms with Gasteiger partial charge in [0.05, 0.1) is 0 Å². The monoisotopic (exact) mass is 395 g/mol. The average molecular weight is 395 g/mol. The SMILES string of the molecule is CC.CC.O=[C-]Cc1ccc2ccccc2c1.[Y].[c-]1ccccc1. The zero-order chi connectivity index (χ0) is 17.3. The molecule has 0 aromatic heterocycles. The molecule has 24 heavy (non-hydrogen) atoms. The van der Waals surface area contributed by atoms with Gasteiger partial charge in [-0.1, -0.05) is 75.7 Å². The zero-order valence-corrected chi connectivity index (χ0v) is 18.0. The predicted octanol–water partition coefficient (Wildman–Crippen LogP) is 6.03. The molecule has 0 aliphatic heterocycles. The molecular weight excluding hydrogens is 369 g/mol. The molecule has 3 aromatic carbocycles. The van der Waals surface area contributed by atoms with Crippen LogP contribution in [-0.4, -0.2) is 6.29 Å². The van der Waals surface area contributed by atoms with E-state index < -0.39 is 0 Å². The van der Waals surface area contributed by atoms with Crippen LogP contribution in [0.15, 0.2) is 72.8 Å². The molecule has 0 saturated carbocycles. The number of fused-ring (bicyclic) bond motifs is 1. The van der Waals surface area contributed by atoms with Gasteiger partial charge >= 0.3 is 0 Å². The first kappa shape index (κ1) is 24.9. The summed E-state index contributed by atoms with van der Waals surface area (Å²) in [4.78, 5) is 10.2.